The zero-order valence-corrected chi connectivity index (χ0v) is 20.6. The number of sulfonamides is 1. The first-order valence-electron chi connectivity index (χ1n) is 10.5. The molecule has 11 heteroatoms. The lowest BCUT2D eigenvalue weighted by molar-refractivity contribution is -0.126. The van der Waals surface area contributed by atoms with Crippen LogP contribution in [0.2, 0.25) is 10.0 Å². The van der Waals surface area contributed by atoms with Gasteiger partial charge in [-0.1, -0.05) is 43.0 Å². The summed E-state index contributed by atoms with van der Waals surface area (Å²) in [6.45, 7) is 2.34. The van der Waals surface area contributed by atoms with E-state index in [0.717, 1.165) is 37.0 Å². The van der Waals surface area contributed by atoms with Gasteiger partial charge in [-0.2, -0.15) is 4.31 Å². The first-order valence-corrected chi connectivity index (χ1v) is 13.5. The molecule has 174 valence electrons. The van der Waals surface area contributed by atoms with Crippen LogP contribution in [0, 0.1) is 17.2 Å². The van der Waals surface area contributed by atoms with E-state index in [4.69, 9.17) is 23.2 Å². The fourth-order valence-electron chi connectivity index (χ4n) is 4.75. The molecule has 4 rings (SSSR count). The predicted octanol–water partition coefficient (Wildman–Crippen LogP) is 5.04. The van der Waals surface area contributed by atoms with Crippen molar-refractivity contribution in [2.24, 2.45) is 11.3 Å². The molecule has 1 aromatic heterocycles. The zero-order valence-electron chi connectivity index (χ0n) is 17.5. The Morgan fingerprint density at radius 2 is 2.06 bits per heavy atom. The Morgan fingerprint density at radius 1 is 1.34 bits per heavy atom. The van der Waals surface area contributed by atoms with Crippen LogP contribution in [0.5, 0.6) is 0 Å². The lowest BCUT2D eigenvalue weighted by atomic mass is 9.76. The predicted molar refractivity (Wildman–Crippen MR) is 123 cm³/mol. The maximum atomic E-state index is 14.9. The summed E-state index contributed by atoms with van der Waals surface area (Å²) < 4.78 is 41.9. The van der Waals surface area contributed by atoms with Gasteiger partial charge in [0, 0.05) is 18.7 Å². The normalized spacial score (nSPS) is 22.2. The zero-order chi connectivity index (χ0) is 23.1. The molecule has 6 nitrogen and oxygen atoms in total. The molecule has 2 fully saturated rings. The van der Waals surface area contributed by atoms with E-state index in [0.29, 0.717) is 6.42 Å². The maximum Gasteiger partial charge on any atom is 0.254 e. The highest BCUT2D eigenvalue weighted by atomic mass is 35.5. The van der Waals surface area contributed by atoms with E-state index >= 15 is 0 Å². The number of thiazole rings is 1. The lowest BCUT2D eigenvalue weighted by Crippen LogP contribution is -2.42. The summed E-state index contributed by atoms with van der Waals surface area (Å²) in [4.78, 5) is 17.1. The number of carbonyl (C=O) groups is 1. The van der Waals surface area contributed by atoms with Crippen LogP contribution in [0.1, 0.15) is 50.6 Å². The number of halogens is 3. The standard InChI is InChI=1S/C21H24Cl2FN3O3S2/c1-21(7-2-3-8-21)19(17-15(24)5-4-14(22)18(17)23)26-20(28)13-6-9-27(11-13)32(29,30)16-10-25-12-31-16/h4-5,10,12-13,19H,2-3,6-9,11H2,1H3,(H,26,28). The first-order chi connectivity index (χ1) is 15.1. The molecule has 1 N–H and O–H groups in total. The third kappa shape index (κ3) is 4.42. The minimum Gasteiger partial charge on any atom is -0.348 e. The highest BCUT2D eigenvalue weighted by Gasteiger charge is 2.43. The van der Waals surface area contributed by atoms with Crippen LogP contribution < -0.4 is 5.32 Å². The van der Waals surface area contributed by atoms with Gasteiger partial charge in [-0.25, -0.2) is 12.8 Å². The minimum absolute atomic E-state index is 0.0707. The molecule has 2 aliphatic rings. The molecule has 2 aromatic rings. The van der Waals surface area contributed by atoms with E-state index in [1.807, 2.05) is 6.92 Å². The van der Waals surface area contributed by atoms with Gasteiger partial charge < -0.3 is 5.32 Å². The summed E-state index contributed by atoms with van der Waals surface area (Å²) in [6, 6.07) is 2.01. The van der Waals surface area contributed by atoms with Gasteiger partial charge in [-0.15, -0.1) is 11.3 Å². The number of carbonyl (C=O) groups excluding carboxylic acids is 1. The average Bonchev–Trinajstić information content (AvgIpc) is 3.52. The number of hydrogen-bond donors (Lipinski definition) is 1. The SMILES string of the molecule is CC1(C(NC(=O)C2CCN(S(=O)(=O)c3cncs3)C2)c2c(F)ccc(Cl)c2Cl)CCCC1. The van der Waals surface area contributed by atoms with Gasteiger partial charge in [0.15, 0.2) is 4.21 Å². The Balaban J connectivity index is 1.57. The van der Waals surface area contributed by atoms with Gasteiger partial charge in [0.25, 0.3) is 10.0 Å². The van der Waals surface area contributed by atoms with Crippen LogP contribution in [0.3, 0.4) is 0 Å². The fraction of sp³-hybridized carbons (Fsp3) is 0.524. The summed E-state index contributed by atoms with van der Waals surface area (Å²) >= 11 is 13.6. The minimum atomic E-state index is -3.68. The Hall–Kier alpha value is -1.26. The Labute approximate surface area is 201 Å². The van der Waals surface area contributed by atoms with Gasteiger partial charge in [-0.3, -0.25) is 9.78 Å². The van der Waals surface area contributed by atoms with E-state index in [9.17, 15) is 17.6 Å². The number of amides is 1. The second-order valence-corrected chi connectivity index (χ2v) is 12.6. The molecule has 2 atom stereocenters. The highest BCUT2D eigenvalue weighted by Crippen LogP contribution is 2.50. The second kappa shape index (κ2) is 9.18. The quantitative estimate of drug-likeness (QED) is 0.542. The van der Waals surface area contributed by atoms with Crippen molar-refractivity contribution in [1.29, 1.82) is 0 Å². The summed E-state index contributed by atoms with van der Waals surface area (Å²) in [7, 11) is -3.68. The molecule has 0 radical (unpaired) electrons. The van der Waals surface area contributed by atoms with E-state index < -0.39 is 27.8 Å². The number of benzene rings is 1. The van der Waals surface area contributed by atoms with Crippen molar-refractivity contribution in [2.75, 3.05) is 13.1 Å². The molecular weight excluding hydrogens is 496 g/mol. The van der Waals surface area contributed by atoms with Crippen molar-refractivity contribution >= 4 is 50.5 Å². The second-order valence-electron chi connectivity index (χ2n) is 8.73. The van der Waals surface area contributed by atoms with Gasteiger partial charge >= 0.3 is 0 Å². The van der Waals surface area contributed by atoms with Crippen LogP contribution in [-0.2, 0) is 14.8 Å². The molecule has 32 heavy (non-hydrogen) atoms. The molecule has 2 heterocycles. The van der Waals surface area contributed by atoms with Crippen molar-refractivity contribution < 1.29 is 17.6 Å². The van der Waals surface area contributed by atoms with Gasteiger partial charge in [0.1, 0.15) is 5.82 Å². The molecule has 1 amide bonds. The molecule has 1 aliphatic carbocycles. The molecule has 1 aliphatic heterocycles. The topological polar surface area (TPSA) is 79.4 Å². The van der Waals surface area contributed by atoms with E-state index in [-0.39, 0.29) is 44.2 Å². The smallest absolute Gasteiger partial charge is 0.254 e. The number of aromatic nitrogens is 1. The molecule has 1 saturated heterocycles. The first kappa shape index (κ1) is 23.9. The van der Waals surface area contributed by atoms with E-state index in [1.54, 1.807) is 0 Å². The summed E-state index contributed by atoms with van der Waals surface area (Å²) in [5.74, 6) is -1.36. The average molecular weight is 520 g/mol. The lowest BCUT2D eigenvalue weighted by Gasteiger charge is -2.36. The summed E-state index contributed by atoms with van der Waals surface area (Å²) in [5.41, 5.74) is 1.28. The summed E-state index contributed by atoms with van der Waals surface area (Å²) in [5, 5.41) is 3.35. The molecule has 0 bridgehead atoms. The van der Waals surface area contributed by atoms with Crippen LogP contribution in [0.4, 0.5) is 4.39 Å². The number of nitrogens with one attached hydrogen (secondary N) is 1. The molecule has 1 saturated carbocycles. The third-order valence-corrected chi connectivity index (χ3v) is 10.6. The molecule has 0 spiro atoms. The Kier molecular flexibility index (Phi) is 6.85. The molecule has 1 aromatic carbocycles. The number of nitrogens with zero attached hydrogens (tertiary/aromatic N) is 2. The van der Waals surface area contributed by atoms with E-state index in [2.05, 4.69) is 10.3 Å². The Morgan fingerprint density at radius 3 is 2.72 bits per heavy atom. The monoisotopic (exact) mass is 519 g/mol. The molecular formula is C21H24Cl2FN3O3S2. The maximum absolute atomic E-state index is 14.9. The van der Waals surface area contributed by atoms with Crippen molar-refractivity contribution in [3.8, 4) is 0 Å². The van der Waals surface area contributed by atoms with Crippen molar-refractivity contribution in [3.05, 3.63) is 45.3 Å². The molecule has 2 unspecified atom stereocenters. The van der Waals surface area contributed by atoms with Gasteiger partial charge in [-0.05, 0) is 36.8 Å². The van der Waals surface area contributed by atoms with Crippen LogP contribution in [0.25, 0.3) is 0 Å². The van der Waals surface area contributed by atoms with Crippen molar-refractivity contribution in [2.45, 2.75) is 49.3 Å². The van der Waals surface area contributed by atoms with Crippen LogP contribution >= 0.6 is 34.5 Å². The largest absolute Gasteiger partial charge is 0.348 e. The third-order valence-electron chi connectivity index (χ3n) is 6.62. The van der Waals surface area contributed by atoms with E-state index in [1.165, 1.54) is 28.1 Å². The Bertz CT molecular complexity index is 1110. The van der Waals surface area contributed by atoms with Gasteiger partial charge in [0.2, 0.25) is 5.91 Å². The van der Waals surface area contributed by atoms with Gasteiger partial charge in [0.05, 0.1) is 33.7 Å². The number of hydrogen-bond acceptors (Lipinski definition) is 5. The van der Waals surface area contributed by atoms with Crippen molar-refractivity contribution in [3.63, 3.8) is 0 Å². The fourth-order valence-corrected chi connectivity index (χ4v) is 7.63. The highest BCUT2D eigenvalue weighted by molar-refractivity contribution is 7.91. The van der Waals surface area contributed by atoms with Crippen LogP contribution in [0.15, 0.2) is 28.0 Å². The number of rotatable bonds is 6. The van der Waals surface area contributed by atoms with Crippen LogP contribution in [-0.4, -0.2) is 36.7 Å². The summed E-state index contributed by atoms with van der Waals surface area (Å²) in [6.07, 6.45) is 5.29. The van der Waals surface area contributed by atoms with Crippen molar-refractivity contribution in [1.82, 2.24) is 14.6 Å².